The lowest BCUT2D eigenvalue weighted by Crippen LogP contribution is -2.53. The van der Waals surface area contributed by atoms with E-state index in [1.807, 2.05) is 6.07 Å². The van der Waals surface area contributed by atoms with Crippen molar-refractivity contribution in [3.05, 3.63) is 23.4 Å². The number of ether oxygens (including phenoxy) is 2. The van der Waals surface area contributed by atoms with Gasteiger partial charge < -0.3 is 19.9 Å². The van der Waals surface area contributed by atoms with E-state index < -0.39 is 17.4 Å². The lowest BCUT2D eigenvalue weighted by molar-refractivity contribution is -0.144. The largest absolute Gasteiger partial charge is 0.480 e. The fraction of sp³-hybridized carbons (Fsp3) is 0.667. The van der Waals surface area contributed by atoms with Gasteiger partial charge in [-0.3, -0.25) is 4.79 Å². The number of amides is 1. The highest BCUT2D eigenvalue weighted by Gasteiger charge is 2.37. The monoisotopic (exact) mass is 390 g/mol. The molecule has 2 fully saturated rings. The molecule has 0 atom stereocenters. The van der Waals surface area contributed by atoms with Crippen molar-refractivity contribution in [1.82, 2.24) is 10.3 Å². The Labute approximate surface area is 165 Å². The minimum atomic E-state index is -1.28. The van der Waals surface area contributed by atoms with E-state index in [9.17, 15) is 14.7 Å². The number of nitrogens with zero attached hydrogens (tertiary/aromatic N) is 1. The third-order valence-electron chi connectivity index (χ3n) is 5.91. The average molecular weight is 390 g/mol. The summed E-state index contributed by atoms with van der Waals surface area (Å²) in [5, 5.41) is 12.2. The molecule has 7 heteroatoms. The second-order valence-electron chi connectivity index (χ2n) is 7.78. The van der Waals surface area contributed by atoms with Gasteiger partial charge in [-0.05, 0) is 56.4 Å². The zero-order chi connectivity index (χ0) is 20.1. The Morgan fingerprint density at radius 3 is 2.46 bits per heavy atom. The van der Waals surface area contributed by atoms with Crippen LogP contribution < -0.4 is 10.1 Å². The smallest absolute Gasteiger partial charge is 0.329 e. The van der Waals surface area contributed by atoms with Crippen molar-refractivity contribution in [2.75, 3.05) is 19.8 Å². The van der Waals surface area contributed by atoms with Gasteiger partial charge in [-0.25, -0.2) is 9.78 Å². The summed E-state index contributed by atoms with van der Waals surface area (Å²) >= 11 is 0. The van der Waals surface area contributed by atoms with Crippen LogP contribution in [-0.2, 0) is 9.53 Å². The van der Waals surface area contributed by atoms with Crippen LogP contribution in [-0.4, -0.2) is 47.3 Å². The van der Waals surface area contributed by atoms with Crippen LogP contribution in [0.3, 0.4) is 0 Å². The van der Waals surface area contributed by atoms with Crippen molar-refractivity contribution in [3.63, 3.8) is 0 Å². The molecule has 7 nitrogen and oxygen atoms in total. The maximum Gasteiger partial charge on any atom is 0.329 e. The highest BCUT2D eigenvalue weighted by molar-refractivity contribution is 5.96. The predicted octanol–water partition coefficient (Wildman–Crippen LogP) is 3.14. The molecule has 0 radical (unpaired) electrons. The van der Waals surface area contributed by atoms with Gasteiger partial charge in [0.05, 0.1) is 6.61 Å². The van der Waals surface area contributed by atoms with Crippen LogP contribution in [0.1, 0.15) is 74.3 Å². The van der Waals surface area contributed by atoms with Gasteiger partial charge in [0.25, 0.3) is 5.91 Å². The van der Waals surface area contributed by atoms with E-state index in [2.05, 4.69) is 10.3 Å². The van der Waals surface area contributed by atoms with E-state index in [-0.39, 0.29) is 5.69 Å². The Kier molecular flexibility index (Phi) is 6.54. The number of aliphatic carboxylic acids is 1. The number of carbonyl (C=O) groups excluding carboxylic acids is 1. The number of nitrogens with one attached hydrogen (secondary N) is 1. The zero-order valence-electron chi connectivity index (χ0n) is 16.7. The van der Waals surface area contributed by atoms with Crippen LogP contribution in [0, 0.1) is 5.92 Å². The minimum absolute atomic E-state index is 0.193. The second-order valence-corrected chi connectivity index (χ2v) is 7.78. The second kappa shape index (κ2) is 8.90. The van der Waals surface area contributed by atoms with E-state index in [1.54, 1.807) is 19.9 Å². The molecule has 0 aromatic carbocycles. The van der Waals surface area contributed by atoms with Crippen LogP contribution in [0.5, 0.6) is 5.88 Å². The number of carboxylic acid groups (broad SMARTS) is 1. The molecule has 1 aromatic rings. The summed E-state index contributed by atoms with van der Waals surface area (Å²) in [6, 6.07) is 3.57. The van der Waals surface area contributed by atoms with Crippen molar-refractivity contribution < 1.29 is 24.2 Å². The Morgan fingerprint density at radius 1 is 1.21 bits per heavy atom. The molecule has 1 aliphatic heterocycles. The Bertz CT molecular complexity index is 707. The summed E-state index contributed by atoms with van der Waals surface area (Å²) in [6.07, 6.45) is 4.75. The molecule has 0 bridgehead atoms. The molecule has 3 rings (SSSR count). The number of carboxylic acids is 1. The molecule has 0 spiro atoms. The topological polar surface area (TPSA) is 97.8 Å². The molecular formula is C21H30N2O5. The van der Waals surface area contributed by atoms with Crippen LogP contribution in [0.15, 0.2) is 12.1 Å². The molecular weight excluding hydrogens is 360 g/mol. The van der Waals surface area contributed by atoms with Gasteiger partial charge in [0, 0.05) is 18.8 Å². The van der Waals surface area contributed by atoms with E-state index >= 15 is 0 Å². The Balaban J connectivity index is 1.75. The summed E-state index contributed by atoms with van der Waals surface area (Å²) in [4.78, 5) is 28.9. The van der Waals surface area contributed by atoms with Gasteiger partial charge in [0.15, 0.2) is 0 Å². The minimum Gasteiger partial charge on any atom is -0.480 e. The van der Waals surface area contributed by atoms with Gasteiger partial charge in [-0.2, -0.15) is 0 Å². The normalized spacial score (nSPS) is 17.9. The molecule has 1 saturated carbocycles. The van der Waals surface area contributed by atoms with Crippen molar-refractivity contribution in [2.45, 2.75) is 63.8 Å². The summed E-state index contributed by atoms with van der Waals surface area (Å²) in [5.41, 5.74) is -0.0465. The quantitative estimate of drug-likeness (QED) is 0.672. The summed E-state index contributed by atoms with van der Waals surface area (Å²) in [6.45, 7) is 5.58. The first-order valence-electron chi connectivity index (χ1n) is 10.3. The van der Waals surface area contributed by atoms with Gasteiger partial charge in [-0.15, -0.1) is 0 Å². The van der Waals surface area contributed by atoms with Gasteiger partial charge >= 0.3 is 5.97 Å². The number of hydrogen-bond donors (Lipinski definition) is 2. The van der Waals surface area contributed by atoms with Crippen LogP contribution in [0.25, 0.3) is 0 Å². The first kappa shape index (κ1) is 20.6. The zero-order valence-corrected chi connectivity index (χ0v) is 16.7. The fourth-order valence-electron chi connectivity index (χ4n) is 3.57. The molecule has 2 heterocycles. The predicted molar refractivity (Wildman–Crippen MR) is 104 cm³/mol. The highest BCUT2D eigenvalue weighted by atomic mass is 16.5. The molecule has 1 saturated heterocycles. The Hall–Kier alpha value is -2.15. The van der Waals surface area contributed by atoms with Crippen LogP contribution in [0.4, 0.5) is 0 Å². The van der Waals surface area contributed by atoms with Crippen molar-refractivity contribution in [1.29, 1.82) is 0 Å². The van der Waals surface area contributed by atoms with Crippen molar-refractivity contribution >= 4 is 11.9 Å². The number of pyridine rings is 1. The van der Waals surface area contributed by atoms with Crippen LogP contribution >= 0.6 is 0 Å². The first-order valence-corrected chi connectivity index (χ1v) is 10.3. The average Bonchev–Trinajstić information content (AvgIpc) is 3.56. The Morgan fingerprint density at radius 2 is 1.89 bits per heavy atom. The number of rotatable bonds is 9. The van der Waals surface area contributed by atoms with E-state index in [1.165, 1.54) is 0 Å². The maximum absolute atomic E-state index is 12.7. The SMILES string of the molecule is CCC(CC)(NC(=O)c1ccc(C2CC2)c(OCC2CCOCC2)n1)C(=O)O. The number of carbonyl (C=O) groups is 2. The molecule has 1 aliphatic carbocycles. The third kappa shape index (κ3) is 4.63. The molecule has 0 unspecified atom stereocenters. The maximum atomic E-state index is 12.7. The van der Waals surface area contributed by atoms with E-state index in [0.29, 0.717) is 37.2 Å². The summed E-state index contributed by atoms with van der Waals surface area (Å²) in [7, 11) is 0. The molecule has 2 N–H and O–H groups in total. The fourth-order valence-corrected chi connectivity index (χ4v) is 3.57. The first-order chi connectivity index (χ1) is 13.5. The standard InChI is InChI=1S/C21H30N2O5/c1-3-21(4-2,20(25)26)23-18(24)17-8-7-16(15-5-6-15)19(22-17)28-13-14-9-11-27-12-10-14/h7-8,14-15H,3-6,9-13H2,1-2H3,(H,23,24)(H,25,26). The molecule has 2 aliphatic rings. The number of aromatic nitrogens is 1. The number of hydrogen-bond acceptors (Lipinski definition) is 5. The third-order valence-corrected chi connectivity index (χ3v) is 5.91. The molecule has 1 aromatic heterocycles. The van der Waals surface area contributed by atoms with Crippen LogP contribution in [0.2, 0.25) is 0 Å². The van der Waals surface area contributed by atoms with Gasteiger partial charge in [0.2, 0.25) is 5.88 Å². The van der Waals surface area contributed by atoms with E-state index in [0.717, 1.165) is 44.5 Å². The molecule has 1 amide bonds. The summed E-state index contributed by atoms with van der Waals surface area (Å²) in [5.74, 6) is -0.130. The van der Waals surface area contributed by atoms with Gasteiger partial charge in [0.1, 0.15) is 11.2 Å². The van der Waals surface area contributed by atoms with E-state index in [4.69, 9.17) is 9.47 Å². The molecule has 28 heavy (non-hydrogen) atoms. The van der Waals surface area contributed by atoms with Gasteiger partial charge in [-0.1, -0.05) is 19.9 Å². The summed E-state index contributed by atoms with van der Waals surface area (Å²) < 4.78 is 11.4. The highest BCUT2D eigenvalue weighted by Crippen LogP contribution is 2.43. The van der Waals surface area contributed by atoms with Crippen molar-refractivity contribution in [2.24, 2.45) is 5.92 Å². The van der Waals surface area contributed by atoms with Crippen molar-refractivity contribution in [3.8, 4) is 5.88 Å². The molecule has 154 valence electrons. The lowest BCUT2D eigenvalue weighted by atomic mass is 9.92. The lowest BCUT2D eigenvalue weighted by Gasteiger charge is -2.28.